The minimum absolute atomic E-state index is 0.0129. The number of ether oxygens (including phenoxy) is 2. The quantitative estimate of drug-likeness (QED) is 0.497. The molecule has 1 saturated heterocycles. The summed E-state index contributed by atoms with van der Waals surface area (Å²) in [6, 6.07) is 12.7. The highest BCUT2D eigenvalue weighted by Crippen LogP contribution is 2.26. The first-order valence-electron chi connectivity index (χ1n) is 10.4. The fraction of sp³-hybridized carbons (Fsp3) is 0.375. The molecule has 2 atom stereocenters. The van der Waals surface area contributed by atoms with E-state index in [2.05, 4.69) is 5.94 Å². The molecule has 1 fully saturated rings. The third kappa shape index (κ3) is 5.53. The van der Waals surface area contributed by atoms with Crippen LogP contribution in [0.25, 0.3) is 0 Å². The Morgan fingerprint density at radius 2 is 1.91 bits per heavy atom. The third-order valence-electron chi connectivity index (χ3n) is 5.47. The highest BCUT2D eigenvalue weighted by Gasteiger charge is 2.34. The molecule has 0 aliphatic carbocycles. The van der Waals surface area contributed by atoms with Crippen LogP contribution in [0, 0.1) is 5.82 Å². The van der Waals surface area contributed by atoms with E-state index in [1.54, 1.807) is 36.4 Å². The van der Waals surface area contributed by atoms with Gasteiger partial charge in [-0.15, -0.1) is 0 Å². The predicted molar refractivity (Wildman–Crippen MR) is 116 cm³/mol. The number of para-hydroxylation sites is 1. The maximum Gasteiger partial charge on any atom is 0.342 e. The van der Waals surface area contributed by atoms with Gasteiger partial charge in [0.1, 0.15) is 42.1 Å². The number of esters is 1. The Labute approximate surface area is 186 Å². The number of hydrogen-bond donors (Lipinski definition) is 1. The van der Waals surface area contributed by atoms with Gasteiger partial charge in [0.15, 0.2) is 0 Å². The van der Waals surface area contributed by atoms with Crippen LogP contribution >= 0.6 is 0 Å². The molecular formula is C24H27FN2O5. The molecule has 1 aliphatic rings. The van der Waals surface area contributed by atoms with E-state index in [1.165, 1.54) is 12.1 Å². The third-order valence-corrected chi connectivity index (χ3v) is 5.47. The summed E-state index contributed by atoms with van der Waals surface area (Å²) in [7, 11) is 0. The van der Waals surface area contributed by atoms with Crippen LogP contribution < -0.4 is 4.74 Å². The molecule has 0 bridgehead atoms. The zero-order chi connectivity index (χ0) is 23.1. The molecule has 2 aromatic rings. The molecule has 3 rings (SSSR count). The van der Waals surface area contributed by atoms with Crippen LogP contribution in [-0.2, 0) is 16.1 Å². The Bertz CT molecular complexity index is 975. The fourth-order valence-electron chi connectivity index (χ4n) is 3.71. The standard InChI is InChI=1S/C24H27FN2O5/c1-17-13-26(16-32-23-6-4-3-5-21(23)24(30)31-12-11-28)18(2)22(15-29)27(17)14-19-7-9-20(25)10-8-19/h3-10,17-18,28H,11-14,16H2,1-2H3/t17-,18+/m1/s1. The summed E-state index contributed by atoms with van der Waals surface area (Å²) in [6.07, 6.45) is 0. The van der Waals surface area contributed by atoms with Crippen LogP contribution in [0.5, 0.6) is 5.75 Å². The first kappa shape index (κ1) is 23.5. The molecule has 0 saturated carbocycles. The van der Waals surface area contributed by atoms with Gasteiger partial charge in [-0.25, -0.2) is 14.0 Å². The van der Waals surface area contributed by atoms with Crippen LogP contribution in [0.15, 0.2) is 54.2 Å². The number of benzene rings is 2. The van der Waals surface area contributed by atoms with E-state index >= 15 is 0 Å². The number of nitrogens with zero attached hydrogens (tertiary/aromatic N) is 2. The van der Waals surface area contributed by atoms with Gasteiger partial charge in [-0.2, -0.15) is 0 Å². The van der Waals surface area contributed by atoms with Gasteiger partial charge >= 0.3 is 5.97 Å². The van der Waals surface area contributed by atoms with Gasteiger partial charge < -0.3 is 19.5 Å². The van der Waals surface area contributed by atoms with E-state index < -0.39 is 5.97 Å². The topological polar surface area (TPSA) is 79.3 Å². The summed E-state index contributed by atoms with van der Waals surface area (Å²) in [4.78, 5) is 28.0. The molecule has 1 aliphatic heterocycles. The Morgan fingerprint density at radius 1 is 1.19 bits per heavy atom. The maximum absolute atomic E-state index is 13.2. The molecule has 0 spiro atoms. The number of halogens is 1. The van der Waals surface area contributed by atoms with Crippen LogP contribution in [-0.4, -0.2) is 65.4 Å². The van der Waals surface area contributed by atoms with Gasteiger partial charge in [-0.3, -0.25) is 4.90 Å². The molecule has 1 N–H and O–H groups in total. The number of hydrogen-bond acceptors (Lipinski definition) is 7. The molecule has 0 unspecified atom stereocenters. The van der Waals surface area contributed by atoms with E-state index in [0.717, 1.165) is 5.56 Å². The molecule has 0 amide bonds. The average Bonchev–Trinajstić information content (AvgIpc) is 2.80. The fourth-order valence-corrected chi connectivity index (χ4v) is 3.71. The van der Waals surface area contributed by atoms with Crippen LogP contribution in [0.3, 0.4) is 0 Å². The lowest BCUT2D eigenvalue weighted by Gasteiger charge is -2.45. The summed E-state index contributed by atoms with van der Waals surface area (Å²) in [5.74, 6) is 1.55. The number of aliphatic hydroxyl groups is 1. The first-order valence-corrected chi connectivity index (χ1v) is 10.4. The minimum atomic E-state index is -0.575. The zero-order valence-electron chi connectivity index (χ0n) is 18.2. The summed E-state index contributed by atoms with van der Waals surface area (Å²) in [5.41, 5.74) is 1.66. The van der Waals surface area contributed by atoms with Gasteiger partial charge in [0.05, 0.1) is 12.6 Å². The van der Waals surface area contributed by atoms with E-state index in [9.17, 15) is 14.0 Å². The molecule has 8 heteroatoms. The van der Waals surface area contributed by atoms with Crippen molar-refractivity contribution in [2.45, 2.75) is 32.5 Å². The summed E-state index contributed by atoms with van der Waals surface area (Å²) in [6.45, 7) is 4.80. The normalized spacial score (nSPS) is 18.9. The number of aliphatic hydroxyl groups excluding tert-OH is 1. The molecule has 7 nitrogen and oxygen atoms in total. The van der Waals surface area contributed by atoms with Gasteiger partial charge in [0.2, 0.25) is 0 Å². The molecule has 1 heterocycles. The second-order valence-electron chi connectivity index (χ2n) is 7.67. The summed E-state index contributed by atoms with van der Waals surface area (Å²) < 4.78 is 24.1. The SMILES string of the molecule is C[C@@H]1CN(COc2ccccc2C(=O)OCCO)[C@@H](C)C(=C=O)N1Cc1ccc(F)cc1. The van der Waals surface area contributed by atoms with Crippen molar-refractivity contribution in [3.63, 3.8) is 0 Å². The summed E-state index contributed by atoms with van der Waals surface area (Å²) >= 11 is 0. The van der Waals surface area contributed by atoms with Crippen molar-refractivity contribution < 1.29 is 28.6 Å². The van der Waals surface area contributed by atoms with Gasteiger partial charge in [-0.1, -0.05) is 24.3 Å². The Kier molecular flexibility index (Phi) is 8.00. The van der Waals surface area contributed by atoms with Crippen LogP contribution in [0.4, 0.5) is 4.39 Å². The monoisotopic (exact) mass is 442 g/mol. The number of carbonyl (C=O) groups excluding carboxylic acids is 2. The Morgan fingerprint density at radius 3 is 2.59 bits per heavy atom. The molecule has 32 heavy (non-hydrogen) atoms. The predicted octanol–water partition coefficient (Wildman–Crippen LogP) is 2.62. The zero-order valence-corrected chi connectivity index (χ0v) is 18.2. The van der Waals surface area contributed by atoms with Crippen molar-refractivity contribution in [3.8, 4) is 5.75 Å². The van der Waals surface area contributed by atoms with Crippen LogP contribution in [0.1, 0.15) is 29.8 Å². The van der Waals surface area contributed by atoms with Crippen molar-refractivity contribution in [3.05, 3.63) is 71.2 Å². The second kappa shape index (κ2) is 10.9. The van der Waals surface area contributed by atoms with Gasteiger partial charge in [0, 0.05) is 19.1 Å². The first-order chi connectivity index (χ1) is 15.4. The lowest BCUT2D eigenvalue weighted by molar-refractivity contribution is 0.0265. The smallest absolute Gasteiger partial charge is 0.342 e. The minimum Gasteiger partial charge on any atom is -0.477 e. The average molecular weight is 442 g/mol. The molecule has 0 aromatic heterocycles. The van der Waals surface area contributed by atoms with Crippen LogP contribution in [0.2, 0.25) is 0 Å². The Balaban J connectivity index is 1.69. The highest BCUT2D eigenvalue weighted by atomic mass is 19.1. The number of carbonyl (C=O) groups is 1. The van der Waals surface area contributed by atoms with E-state index in [-0.39, 0.29) is 43.4 Å². The van der Waals surface area contributed by atoms with E-state index in [0.29, 0.717) is 24.5 Å². The maximum atomic E-state index is 13.2. The van der Waals surface area contributed by atoms with Crippen molar-refractivity contribution in [2.24, 2.45) is 0 Å². The van der Waals surface area contributed by atoms with Crippen molar-refractivity contribution in [2.75, 3.05) is 26.5 Å². The summed E-state index contributed by atoms with van der Waals surface area (Å²) in [5, 5.41) is 8.86. The van der Waals surface area contributed by atoms with E-state index in [4.69, 9.17) is 14.6 Å². The lowest BCUT2D eigenvalue weighted by atomic mass is 10.0. The number of piperazine rings is 1. The largest absolute Gasteiger partial charge is 0.477 e. The van der Waals surface area contributed by atoms with Crippen molar-refractivity contribution in [1.82, 2.24) is 9.80 Å². The highest BCUT2D eigenvalue weighted by molar-refractivity contribution is 5.92. The lowest BCUT2D eigenvalue weighted by Crippen LogP contribution is -2.55. The van der Waals surface area contributed by atoms with Crippen molar-refractivity contribution >= 4 is 11.9 Å². The number of rotatable bonds is 8. The molecular weight excluding hydrogens is 415 g/mol. The second-order valence-corrected chi connectivity index (χ2v) is 7.67. The van der Waals surface area contributed by atoms with Gasteiger partial charge in [-0.05, 0) is 43.7 Å². The Hall–Kier alpha value is -3.19. The van der Waals surface area contributed by atoms with Crippen molar-refractivity contribution in [1.29, 1.82) is 0 Å². The molecule has 2 aromatic carbocycles. The molecule has 0 radical (unpaired) electrons. The van der Waals surface area contributed by atoms with Gasteiger partial charge in [0.25, 0.3) is 0 Å². The van der Waals surface area contributed by atoms with E-state index in [1.807, 2.05) is 23.6 Å². The molecule has 170 valence electrons.